The van der Waals surface area contributed by atoms with Crippen LogP contribution in [-0.4, -0.2) is 37.6 Å². The molecule has 106 valence electrons. The first kappa shape index (κ1) is 14.4. The lowest BCUT2D eigenvalue weighted by Gasteiger charge is -2.37. The van der Waals surface area contributed by atoms with Gasteiger partial charge in [-0.25, -0.2) is 0 Å². The lowest BCUT2D eigenvalue weighted by molar-refractivity contribution is 0.231. The molecule has 1 aromatic carbocycles. The fourth-order valence-corrected chi connectivity index (χ4v) is 2.89. The van der Waals surface area contributed by atoms with E-state index in [1.54, 1.807) is 0 Å². The fraction of sp³-hybridized carbons (Fsp3) is 0.625. The summed E-state index contributed by atoms with van der Waals surface area (Å²) < 4.78 is 0. The summed E-state index contributed by atoms with van der Waals surface area (Å²) in [5.74, 6) is 0.761. The molecule has 0 aliphatic carbocycles. The Hall–Kier alpha value is -1.06. The summed E-state index contributed by atoms with van der Waals surface area (Å²) >= 11 is 0. The van der Waals surface area contributed by atoms with Crippen LogP contribution in [0.15, 0.2) is 18.2 Å². The molecule has 0 radical (unpaired) electrons. The lowest BCUT2D eigenvalue weighted by Crippen LogP contribution is -2.47. The van der Waals surface area contributed by atoms with Crippen LogP contribution in [0.3, 0.4) is 0 Å². The molecule has 0 aromatic heterocycles. The summed E-state index contributed by atoms with van der Waals surface area (Å²) in [6.45, 7) is 13.2. The molecule has 0 bridgehead atoms. The van der Waals surface area contributed by atoms with Crippen molar-refractivity contribution < 1.29 is 0 Å². The Morgan fingerprint density at radius 1 is 1.16 bits per heavy atom. The molecule has 3 heteroatoms. The van der Waals surface area contributed by atoms with E-state index in [2.05, 4.69) is 48.8 Å². The van der Waals surface area contributed by atoms with Crippen molar-refractivity contribution in [2.45, 2.75) is 27.3 Å². The van der Waals surface area contributed by atoms with E-state index in [1.165, 1.54) is 36.4 Å². The molecule has 0 unspecified atom stereocenters. The Morgan fingerprint density at radius 3 is 2.37 bits per heavy atom. The number of aryl methyl sites for hydroxylation is 1. The SMILES string of the molecule is Cc1cc(CN)ccc1N1CCN(CC(C)C)CC1. The van der Waals surface area contributed by atoms with Crippen LogP contribution in [0.2, 0.25) is 0 Å². The number of nitrogens with two attached hydrogens (primary N) is 1. The standard InChI is InChI=1S/C16H27N3/c1-13(2)12-18-6-8-19(9-7-18)16-5-4-15(11-17)10-14(16)3/h4-5,10,13H,6-9,11-12,17H2,1-3H3. The number of nitrogens with zero attached hydrogens (tertiary/aromatic N) is 2. The Bertz CT molecular complexity index is 406. The van der Waals surface area contributed by atoms with Crippen LogP contribution in [0.4, 0.5) is 5.69 Å². The molecule has 19 heavy (non-hydrogen) atoms. The van der Waals surface area contributed by atoms with Gasteiger partial charge in [0.25, 0.3) is 0 Å². The molecule has 0 saturated carbocycles. The van der Waals surface area contributed by atoms with Crippen LogP contribution in [0.5, 0.6) is 0 Å². The molecule has 3 nitrogen and oxygen atoms in total. The maximum atomic E-state index is 5.69. The summed E-state index contributed by atoms with van der Waals surface area (Å²) in [5, 5.41) is 0. The highest BCUT2D eigenvalue weighted by Crippen LogP contribution is 2.22. The van der Waals surface area contributed by atoms with Gasteiger partial charge in [-0.3, -0.25) is 4.90 Å². The molecule has 1 saturated heterocycles. The van der Waals surface area contributed by atoms with Gasteiger partial charge in [-0.1, -0.05) is 26.0 Å². The van der Waals surface area contributed by atoms with E-state index in [9.17, 15) is 0 Å². The van der Waals surface area contributed by atoms with E-state index in [1.807, 2.05) is 0 Å². The monoisotopic (exact) mass is 261 g/mol. The highest BCUT2D eigenvalue weighted by molar-refractivity contribution is 5.54. The molecule has 2 rings (SSSR count). The molecule has 1 aromatic rings. The zero-order valence-electron chi connectivity index (χ0n) is 12.5. The van der Waals surface area contributed by atoms with Gasteiger partial charge in [0.2, 0.25) is 0 Å². The first-order valence-corrected chi connectivity index (χ1v) is 7.37. The number of rotatable bonds is 4. The van der Waals surface area contributed by atoms with Gasteiger partial charge in [0.05, 0.1) is 0 Å². The molecule has 0 spiro atoms. The van der Waals surface area contributed by atoms with Gasteiger partial charge in [-0.15, -0.1) is 0 Å². The Labute approximate surface area is 117 Å². The van der Waals surface area contributed by atoms with Crippen LogP contribution >= 0.6 is 0 Å². The quantitative estimate of drug-likeness (QED) is 0.902. The fourth-order valence-electron chi connectivity index (χ4n) is 2.89. The van der Waals surface area contributed by atoms with Crippen molar-refractivity contribution in [1.82, 2.24) is 4.90 Å². The number of piperazine rings is 1. The van der Waals surface area contributed by atoms with Crippen molar-refractivity contribution in [3.63, 3.8) is 0 Å². The highest BCUT2D eigenvalue weighted by Gasteiger charge is 2.18. The molecule has 1 fully saturated rings. The van der Waals surface area contributed by atoms with E-state index in [-0.39, 0.29) is 0 Å². The smallest absolute Gasteiger partial charge is 0.0397 e. The van der Waals surface area contributed by atoms with Crippen molar-refractivity contribution in [3.8, 4) is 0 Å². The van der Waals surface area contributed by atoms with Crippen LogP contribution in [0.25, 0.3) is 0 Å². The van der Waals surface area contributed by atoms with Crippen molar-refractivity contribution in [3.05, 3.63) is 29.3 Å². The lowest BCUT2D eigenvalue weighted by atomic mass is 10.1. The first-order chi connectivity index (χ1) is 9.10. The second kappa shape index (κ2) is 6.40. The van der Waals surface area contributed by atoms with Crippen molar-refractivity contribution in [2.24, 2.45) is 11.7 Å². The summed E-state index contributed by atoms with van der Waals surface area (Å²) in [4.78, 5) is 5.08. The summed E-state index contributed by atoms with van der Waals surface area (Å²) in [5.41, 5.74) is 9.64. The normalized spacial score (nSPS) is 17.2. The molecule has 1 aliphatic heterocycles. The minimum atomic E-state index is 0.628. The second-order valence-corrected chi connectivity index (χ2v) is 6.01. The topological polar surface area (TPSA) is 32.5 Å². The molecule has 0 atom stereocenters. The van der Waals surface area contributed by atoms with Crippen LogP contribution < -0.4 is 10.6 Å². The number of hydrogen-bond acceptors (Lipinski definition) is 3. The summed E-state index contributed by atoms with van der Waals surface area (Å²) in [6, 6.07) is 6.61. The Morgan fingerprint density at radius 2 is 1.84 bits per heavy atom. The number of benzene rings is 1. The zero-order valence-corrected chi connectivity index (χ0v) is 12.5. The summed E-state index contributed by atoms with van der Waals surface area (Å²) in [6.07, 6.45) is 0. The maximum absolute atomic E-state index is 5.69. The Kier molecular flexibility index (Phi) is 4.83. The second-order valence-electron chi connectivity index (χ2n) is 6.01. The van der Waals surface area contributed by atoms with E-state index in [0.717, 1.165) is 19.0 Å². The van der Waals surface area contributed by atoms with Gasteiger partial charge in [0.1, 0.15) is 0 Å². The van der Waals surface area contributed by atoms with E-state index in [0.29, 0.717) is 6.54 Å². The highest BCUT2D eigenvalue weighted by atomic mass is 15.3. The molecule has 2 N–H and O–H groups in total. The van der Waals surface area contributed by atoms with E-state index < -0.39 is 0 Å². The van der Waals surface area contributed by atoms with Gasteiger partial charge in [0.15, 0.2) is 0 Å². The van der Waals surface area contributed by atoms with E-state index in [4.69, 9.17) is 5.73 Å². The average Bonchev–Trinajstić information content (AvgIpc) is 2.39. The van der Waals surface area contributed by atoms with E-state index >= 15 is 0 Å². The van der Waals surface area contributed by atoms with Crippen LogP contribution in [0, 0.1) is 12.8 Å². The molecular formula is C16H27N3. The summed E-state index contributed by atoms with van der Waals surface area (Å²) in [7, 11) is 0. The Balaban J connectivity index is 1.97. The van der Waals surface area contributed by atoms with Gasteiger partial charge in [0, 0.05) is 45.0 Å². The first-order valence-electron chi connectivity index (χ1n) is 7.37. The molecule has 0 amide bonds. The maximum Gasteiger partial charge on any atom is 0.0397 e. The zero-order chi connectivity index (χ0) is 13.8. The molecule has 1 aliphatic rings. The van der Waals surface area contributed by atoms with Gasteiger partial charge in [-0.2, -0.15) is 0 Å². The minimum Gasteiger partial charge on any atom is -0.369 e. The number of hydrogen-bond donors (Lipinski definition) is 1. The van der Waals surface area contributed by atoms with Gasteiger partial charge >= 0.3 is 0 Å². The molecular weight excluding hydrogens is 234 g/mol. The van der Waals surface area contributed by atoms with Crippen LogP contribution in [-0.2, 0) is 6.54 Å². The van der Waals surface area contributed by atoms with Crippen molar-refractivity contribution >= 4 is 5.69 Å². The molecule has 1 heterocycles. The van der Waals surface area contributed by atoms with Crippen molar-refractivity contribution in [1.29, 1.82) is 0 Å². The minimum absolute atomic E-state index is 0.628. The third-order valence-electron chi connectivity index (χ3n) is 3.83. The largest absolute Gasteiger partial charge is 0.369 e. The third-order valence-corrected chi connectivity index (χ3v) is 3.83. The van der Waals surface area contributed by atoms with Crippen LogP contribution in [0.1, 0.15) is 25.0 Å². The van der Waals surface area contributed by atoms with Gasteiger partial charge in [-0.05, 0) is 30.0 Å². The van der Waals surface area contributed by atoms with Crippen molar-refractivity contribution in [2.75, 3.05) is 37.6 Å². The third kappa shape index (κ3) is 3.71. The number of anilines is 1. The predicted octanol–water partition coefficient (Wildman–Crippen LogP) is 2.23. The average molecular weight is 261 g/mol. The predicted molar refractivity (Wildman–Crippen MR) is 82.6 cm³/mol. The van der Waals surface area contributed by atoms with Gasteiger partial charge < -0.3 is 10.6 Å².